The quantitative estimate of drug-likeness (QED) is 0.121. The second-order valence-corrected chi connectivity index (χ2v) is 14.6. The number of hydrogen-bond donors (Lipinski definition) is 1. The number of nitrogens with zero attached hydrogens (tertiary/aromatic N) is 3. The highest BCUT2D eigenvalue weighted by molar-refractivity contribution is 5.97. The van der Waals surface area contributed by atoms with Crippen LogP contribution in [0.4, 0.5) is 18.9 Å². The van der Waals surface area contributed by atoms with E-state index in [1.807, 2.05) is 45.0 Å². The van der Waals surface area contributed by atoms with Crippen molar-refractivity contribution >= 4 is 23.5 Å². The summed E-state index contributed by atoms with van der Waals surface area (Å²) < 4.78 is 57.0. The molecule has 0 saturated carbocycles. The van der Waals surface area contributed by atoms with E-state index in [4.69, 9.17) is 14.0 Å². The van der Waals surface area contributed by atoms with Gasteiger partial charge in [0.05, 0.1) is 19.1 Å². The van der Waals surface area contributed by atoms with E-state index in [-0.39, 0.29) is 35.7 Å². The van der Waals surface area contributed by atoms with Gasteiger partial charge >= 0.3 is 12.1 Å². The maximum Gasteiger partial charge on any atom is 0.416 e. The standard InChI is InChI=1S/C45H41F3N4O6.C2H6/c1-28-6-10-30(11-7-28)31-14-16-32(17-15-31)41-50-42(58-51-41)33-12-8-29(9-13-33)26-52(27-40(54)57-44(2,3)4)43(55)34-18-21-36(22-19-34)49-39(53)24-35-20-23-37(56-5)25-38(35)45(46,47)48;1-2/h6-23,25H,24,26-27H2,1-5H3,(H,49,53);1-2H3. The monoisotopic (exact) mass is 820 g/mol. The van der Waals surface area contributed by atoms with Gasteiger partial charge in [-0.15, -0.1) is 0 Å². The first-order chi connectivity index (χ1) is 28.5. The number of aryl methyl sites for hydroxylation is 1. The first kappa shape index (κ1) is 44.3. The Morgan fingerprint density at radius 3 is 1.93 bits per heavy atom. The number of alkyl halides is 3. The van der Waals surface area contributed by atoms with Gasteiger partial charge in [-0.3, -0.25) is 14.4 Å². The second kappa shape index (κ2) is 19.3. The zero-order valence-corrected chi connectivity index (χ0v) is 34.5. The van der Waals surface area contributed by atoms with Crippen LogP contribution in [0.5, 0.6) is 5.75 Å². The molecule has 2 amide bonds. The van der Waals surface area contributed by atoms with Gasteiger partial charge in [0.25, 0.3) is 11.8 Å². The number of ether oxygens (including phenoxy) is 2. The number of amides is 2. The zero-order chi connectivity index (χ0) is 43.6. The molecule has 6 rings (SSSR count). The Morgan fingerprint density at radius 1 is 0.767 bits per heavy atom. The molecule has 312 valence electrons. The SMILES string of the molecule is CC.COc1ccc(CC(=O)Nc2ccc(C(=O)N(CC(=O)OC(C)(C)C)Cc3ccc(-c4nc(-c5ccc(-c6ccc(C)cc6)cc5)no4)cc3)cc2)c(C(F)(F)F)c1. The van der Waals surface area contributed by atoms with Crippen molar-refractivity contribution in [3.05, 3.63) is 143 Å². The topological polar surface area (TPSA) is 124 Å². The van der Waals surface area contributed by atoms with Crippen molar-refractivity contribution in [3.8, 4) is 39.7 Å². The number of aromatic nitrogens is 2. The number of nitrogens with one attached hydrogen (secondary N) is 1. The lowest BCUT2D eigenvalue weighted by molar-refractivity contribution is -0.155. The summed E-state index contributed by atoms with van der Waals surface area (Å²) >= 11 is 0. The molecule has 1 N–H and O–H groups in total. The van der Waals surface area contributed by atoms with Gasteiger partial charge in [0.2, 0.25) is 11.7 Å². The number of carbonyl (C=O) groups excluding carboxylic acids is 3. The Hall–Kier alpha value is -6.76. The third kappa shape index (κ3) is 11.9. The summed E-state index contributed by atoms with van der Waals surface area (Å²) in [6.45, 7) is 10.9. The van der Waals surface area contributed by atoms with Crippen molar-refractivity contribution in [1.29, 1.82) is 0 Å². The maximum atomic E-state index is 13.8. The molecule has 5 aromatic carbocycles. The summed E-state index contributed by atoms with van der Waals surface area (Å²) in [5.74, 6) is -1.03. The van der Waals surface area contributed by atoms with Crippen molar-refractivity contribution < 1.29 is 41.6 Å². The summed E-state index contributed by atoms with van der Waals surface area (Å²) in [6, 6.07) is 32.5. The highest BCUT2D eigenvalue weighted by Crippen LogP contribution is 2.35. The molecule has 0 radical (unpaired) electrons. The second-order valence-electron chi connectivity index (χ2n) is 14.6. The van der Waals surface area contributed by atoms with Crippen molar-refractivity contribution in [2.75, 3.05) is 19.0 Å². The highest BCUT2D eigenvalue weighted by Gasteiger charge is 2.34. The normalized spacial score (nSPS) is 11.2. The lowest BCUT2D eigenvalue weighted by atomic mass is 10.0. The molecule has 0 fully saturated rings. The maximum absolute atomic E-state index is 13.8. The molecule has 6 aromatic rings. The van der Waals surface area contributed by atoms with Crippen molar-refractivity contribution in [3.63, 3.8) is 0 Å². The van der Waals surface area contributed by atoms with Gasteiger partial charge in [0.15, 0.2) is 0 Å². The fourth-order valence-corrected chi connectivity index (χ4v) is 6.08. The number of halogens is 3. The van der Waals surface area contributed by atoms with E-state index in [0.717, 1.165) is 22.8 Å². The van der Waals surface area contributed by atoms with Gasteiger partial charge in [-0.2, -0.15) is 18.2 Å². The van der Waals surface area contributed by atoms with Gasteiger partial charge in [-0.05, 0) is 98.5 Å². The third-order valence-corrected chi connectivity index (χ3v) is 8.94. The van der Waals surface area contributed by atoms with E-state index < -0.39 is 41.5 Å². The minimum Gasteiger partial charge on any atom is -0.497 e. The molecule has 0 unspecified atom stereocenters. The summed E-state index contributed by atoms with van der Waals surface area (Å²) in [6.07, 6.45) is -5.23. The Bertz CT molecular complexity index is 2390. The van der Waals surface area contributed by atoms with Gasteiger partial charge in [-0.25, -0.2) is 0 Å². The van der Waals surface area contributed by atoms with Gasteiger partial charge in [-0.1, -0.05) is 91.3 Å². The number of hydrogen-bond acceptors (Lipinski definition) is 8. The molecule has 0 saturated heterocycles. The number of rotatable bonds is 12. The van der Waals surface area contributed by atoms with Crippen molar-refractivity contribution in [1.82, 2.24) is 15.0 Å². The summed E-state index contributed by atoms with van der Waals surface area (Å²) in [4.78, 5) is 45.5. The van der Waals surface area contributed by atoms with Crippen LogP contribution in [-0.2, 0) is 33.5 Å². The van der Waals surface area contributed by atoms with Crippen LogP contribution in [0.15, 0.2) is 120 Å². The van der Waals surface area contributed by atoms with E-state index in [9.17, 15) is 27.6 Å². The minimum atomic E-state index is -4.69. The van der Waals surface area contributed by atoms with Crippen LogP contribution in [-0.4, -0.2) is 52.1 Å². The smallest absolute Gasteiger partial charge is 0.416 e. The van der Waals surface area contributed by atoms with E-state index >= 15 is 0 Å². The summed E-state index contributed by atoms with van der Waals surface area (Å²) in [5.41, 5.74) is 4.01. The predicted octanol–water partition coefficient (Wildman–Crippen LogP) is 10.6. The van der Waals surface area contributed by atoms with Crippen molar-refractivity contribution in [2.24, 2.45) is 0 Å². The van der Waals surface area contributed by atoms with Gasteiger partial charge in [0.1, 0.15) is 17.9 Å². The van der Waals surface area contributed by atoms with E-state index in [2.05, 4.69) is 39.7 Å². The number of anilines is 1. The van der Waals surface area contributed by atoms with Crippen LogP contribution in [0.3, 0.4) is 0 Å². The molecule has 0 aliphatic heterocycles. The Labute approximate surface area is 347 Å². The molecular weight excluding hydrogens is 774 g/mol. The van der Waals surface area contributed by atoms with Crippen LogP contribution in [0, 0.1) is 6.92 Å². The zero-order valence-electron chi connectivity index (χ0n) is 34.5. The van der Waals surface area contributed by atoms with Crippen LogP contribution in [0.2, 0.25) is 0 Å². The minimum absolute atomic E-state index is 0.0177. The molecule has 10 nitrogen and oxygen atoms in total. The molecule has 0 aliphatic rings. The Morgan fingerprint density at radius 2 is 1.35 bits per heavy atom. The molecule has 13 heteroatoms. The molecular formula is C47H47F3N4O6. The number of esters is 1. The fraction of sp³-hybridized carbons (Fsp3) is 0.255. The number of benzene rings is 5. The fourth-order valence-electron chi connectivity index (χ4n) is 6.08. The van der Waals surface area contributed by atoms with Crippen LogP contribution in [0.25, 0.3) is 34.0 Å². The van der Waals surface area contributed by atoms with Crippen LogP contribution >= 0.6 is 0 Å². The molecule has 1 aromatic heterocycles. The number of methoxy groups -OCH3 is 1. The first-order valence-corrected chi connectivity index (χ1v) is 19.3. The lowest BCUT2D eigenvalue weighted by Gasteiger charge is -2.25. The first-order valence-electron chi connectivity index (χ1n) is 19.3. The largest absolute Gasteiger partial charge is 0.497 e. The molecule has 0 atom stereocenters. The van der Waals surface area contributed by atoms with E-state index in [1.54, 1.807) is 45.0 Å². The van der Waals surface area contributed by atoms with Crippen LogP contribution < -0.4 is 10.1 Å². The third-order valence-electron chi connectivity index (χ3n) is 8.94. The van der Waals surface area contributed by atoms with E-state index in [1.165, 1.54) is 54.0 Å². The average molecular weight is 821 g/mol. The van der Waals surface area contributed by atoms with Crippen LogP contribution in [0.1, 0.15) is 67.2 Å². The molecule has 0 aliphatic carbocycles. The summed E-state index contributed by atoms with van der Waals surface area (Å²) in [5, 5.41) is 6.74. The predicted molar refractivity (Wildman–Crippen MR) is 224 cm³/mol. The van der Waals surface area contributed by atoms with Gasteiger partial charge < -0.3 is 24.2 Å². The van der Waals surface area contributed by atoms with Gasteiger partial charge in [0, 0.05) is 28.9 Å². The summed E-state index contributed by atoms with van der Waals surface area (Å²) in [7, 11) is 1.26. The highest BCUT2D eigenvalue weighted by atomic mass is 19.4. The Balaban J connectivity index is 0.00000336. The number of carbonyl (C=O) groups is 3. The Kier molecular flexibility index (Phi) is 14.3. The van der Waals surface area contributed by atoms with E-state index in [0.29, 0.717) is 22.8 Å². The van der Waals surface area contributed by atoms with Crippen molar-refractivity contribution in [2.45, 2.75) is 66.3 Å². The molecule has 60 heavy (non-hydrogen) atoms. The average Bonchev–Trinajstić information content (AvgIpc) is 3.72. The molecule has 1 heterocycles. The lowest BCUT2D eigenvalue weighted by Crippen LogP contribution is -2.38. The molecule has 0 bridgehead atoms. The molecule has 0 spiro atoms.